The van der Waals surface area contributed by atoms with Gasteiger partial charge in [-0.25, -0.2) is 9.67 Å². The van der Waals surface area contributed by atoms with E-state index in [1.807, 2.05) is 75.4 Å². The van der Waals surface area contributed by atoms with E-state index in [9.17, 15) is 9.59 Å². The van der Waals surface area contributed by atoms with E-state index in [-0.39, 0.29) is 11.8 Å². The third-order valence-electron chi connectivity index (χ3n) is 7.28. The Morgan fingerprint density at radius 1 is 0.878 bits per heavy atom. The van der Waals surface area contributed by atoms with Crippen LogP contribution in [0.2, 0.25) is 0 Å². The molecule has 0 radical (unpaired) electrons. The van der Waals surface area contributed by atoms with Crippen LogP contribution < -0.4 is 20.1 Å². The van der Waals surface area contributed by atoms with Crippen LogP contribution in [0.5, 0.6) is 11.5 Å². The fraction of sp³-hybridized carbons (Fsp3) is 0.250. The summed E-state index contributed by atoms with van der Waals surface area (Å²) in [7, 11) is 3.12. The number of methoxy groups -OCH3 is 2. The molecule has 0 spiro atoms. The molecule has 2 heterocycles. The lowest BCUT2D eigenvalue weighted by Crippen LogP contribution is -2.39. The van der Waals surface area contributed by atoms with Gasteiger partial charge in [0, 0.05) is 22.6 Å². The number of nitrogens with one attached hydrogen (secondary N) is 2. The summed E-state index contributed by atoms with van der Waals surface area (Å²) >= 11 is 0. The molecule has 2 unspecified atom stereocenters. The number of benzene rings is 3. The van der Waals surface area contributed by atoms with Gasteiger partial charge in [0.15, 0.2) is 17.3 Å². The normalized spacial score (nSPS) is 15.9. The van der Waals surface area contributed by atoms with E-state index in [4.69, 9.17) is 14.5 Å². The lowest BCUT2D eigenvalue weighted by Gasteiger charge is -2.32. The number of anilines is 2. The number of aromatic nitrogens is 2. The predicted molar refractivity (Wildman–Crippen MR) is 160 cm³/mol. The molecular weight excluding hydrogens is 518 g/mol. The largest absolute Gasteiger partial charge is 0.493 e. The number of ether oxygens (including phenoxy) is 2. The minimum Gasteiger partial charge on any atom is -0.493 e. The van der Waals surface area contributed by atoms with Gasteiger partial charge in [-0.05, 0) is 63.1 Å². The first-order valence-corrected chi connectivity index (χ1v) is 13.3. The Bertz CT molecular complexity index is 1670. The van der Waals surface area contributed by atoms with Gasteiger partial charge in [0.05, 0.1) is 26.5 Å². The van der Waals surface area contributed by atoms with E-state index in [1.54, 1.807) is 31.9 Å². The number of carbonyl (C=O) groups excluding carboxylic acids is 2. The predicted octanol–water partition coefficient (Wildman–Crippen LogP) is 6.03. The zero-order valence-corrected chi connectivity index (χ0v) is 24.0. The second kappa shape index (κ2) is 11.3. The molecule has 3 aromatic carbocycles. The molecule has 0 bridgehead atoms. The maximum absolute atomic E-state index is 14.0. The zero-order chi connectivity index (χ0) is 29.3. The molecule has 0 aliphatic carbocycles. The number of hydrogen-bond donors (Lipinski definition) is 2. The van der Waals surface area contributed by atoms with Crippen molar-refractivity contribution in [1.82, 2.24) is 9.78 Å². The number of rotatable bonds is 7. The maximum Gasteiger partial charge on any atom is 0.261 e. The molecule has 0 fully saturated rings. The van der Waals surface area contributed by atoms with Crippen molar-refractivity contribution in [3.63, 3.8) is 0 Å². The first kappa shape index (κ1) is 27.6. The smallest absolute Gasteiger partial charge is 0.261 e. The van der Waals surface area contributed by atoms with Gasteiger partial charge >= 0.3 is 0 Å². The monoisotopic (exact) mass is 551 g/mol. The average molecular weight is 552 g/mol. The molecule has 2 amide bonds. The van der Waals surface area contributed by atoms with Crippen LogP contribution in [0.25, 0.3) is 0 Å². The number of hydrogen-bond acceptors (Lipinski definition) is 6. The minimum absolute atomic E-state index is 0.250. The van der Waals surface area contributed by atoms with Crippen LogP contribution in [0.15, 0.2) is 71.9 Å². The van der Waals surface area contributed by atoms with E-state index in [0.717, 1.165) is 16.7 Å². The quantitative estimate of drug-likeness (QED) is 0.292. The first-order chi connectivity index (χ1) is 19.7. The molecular formula is C32H33N5O4. The Kier molecular flexibility index (Phi) is 7.61. The average Bonchev–Trinajstić information content (AvgIpc) is 3.36. The lowest BCUT2D eigenvalue weighted by atomic mass is 9.86. The molecule has 2 N–H and O–H groups in total. The molecule has 2 atom stereocenters. The number of amides is 2. The van der Waals surface area contributed by atoms with Crippen molar-refractivity contribution in [1.29, 1.82) is 0 Å². The van der Waals surface area contributed by atoms with E-state index in [1.165, 1.54) is 6.20 Å². The minimum atomic E-state index is -0.753. The van der Waals surface area contributed by atoms with Gasteiger partial charge in [0.1, 0.15) is 11.5 Å². The number of nitrogens with zero attached hydrogens (tertiary/aromatic N) is 3. The molecule has 0 saturated carbocycles. The standard InChI is InChI=1S/C32H33N5O4/c1-18-9-7-10-22(16-18)35-31(38)24-17-33-37-28(23-11-8-12-26(40-5)29(23)41-6)27(21(4)34-30(24)37)32(39)36-25-14-13-19(2)15-20(25)3/h7-17,27-28H,1-6H3,(H,35,38)(H,36,39). The number of fused-ring (bicyclic) bond motifs is 1. The molecule has 0 saturated heterocycles. The Morgan fingerprint density at radius 2 is 1.63 bits per heavy atom. The molecule has 5 rings (SSSR count). The Morgan fingerprint density at radius 3 is 2.34 bits per heavy atom. The zero-order valence-electron chi connectivity index (χ0n) is 24.0. The van der Waals surface area contributed by atoms with Crippen molar-refractivity contribution in [3.05, 3.63) is 94.7 Å². The van der Waals surface area contributed by atoms with Crippen molar-refractivity contribution in [2.24, 2.45) is 10.9 Å². The summed E-state index contributed by atoms with van der Waals surface area (Å²) in [6.45, 7) is 7.72. The Balaban J connectivity index is 1.61. The van der Waals surface area contributed by atoms with Gasteiger partial charge in [0.25, 0.3) is 5.91 Å². The van der Waals surface area contributed by atoms with E-state index >= 15 is 0 Å². The third kappa shape index (κ3) is 5.30. The van der Waals surface area contributed by atoms with E-state index < -0.39 is 12.0 Å². The lowest BCUT2D eigenvalue weighted by molar-refractivity contribution is -0.118. The summed E-state index contributed by atoms with van der Waals surface area (Å²) in [4.78, 5) is 32.2. The summed E-state index contributed by atoms with van der Waals surface area (Å²) in [5, 5.41) is 10.6. The fourth-order valence-corrected chi connectivity index (χ4v) is 5.31. The molecule has 1 aliphatic heterocycles. The van der Waals surface area contributed by atoms with Crippen LogP contribution in [0.4, 0.5) is 17.2 Å². The highest BCUT2D eigenvalue weighted by Crippen LogP contribution is 2.44. The highest BCUT2D eigenvalue weighted by Gasteiger charge is 2.41. The first-order valence-electron chi connectivity index (χ1n) is 13.3. The van der Waals surface area contributed by atoms with Crippen molar-refractivity contribution in [2.45, 2.75) is 33.7 Å². The van der Waals surface area contributed by atoms with Crippen LogP contribution >= 0.6 is 0 Å². The Hall–Kier alpha value is -4.92. The van der Waals surface area contributed by atoms with Gasteiger partial charge < -0.3 is 20.1 Å². The van der Waals surface area contributed by atoms with Gasteiger partial charge in [-0.3, -0.25) is 9.59 Å². The van der Waals surface area contributed by atoms with Gasteiger partial charge in [-0.1, -0.05) is 42.0 Å². The summed E-state index contributed by atoms with van der Waals surface area (Å²) in [6.07, 6.45) is 1.49. The second-order valence-corrected chi connectivity index (χ2v) is 10.2. The van der Waals surface area contributed by atoms with Crippen LogP contribution in [0.3, 0.4) is 0 Å². The third-order valence-corrected chi connectivity index (χ3v) is 7.28. The van der Waals surface area contributed by atoms with E-state index in [0.29, 0.717) is 45.5 Å². The second-order valence-electron chi connectivity index (χ2n) is 10.2. The van der Waals surface area contributed by atoms with Crippen LogP contribution in [-0.2, 0) is 4.79 Å². The molecule has 4 aromatic rings. The van der Waals surface area contributed by atoms with Crippen LogP contribution in [-0.4, -0.2) is 41.5 Å². The van der Waals surface area contributed by atoms with Crippen molar-refractivity contribution < 1.29 is 19.1 Å². The summed E-state index contributed by atoms with van der Waals surface area (Å²) in [6, 6.07) is 18.3. The van der Waals surface area contributed by atoms with Crippen LogP contribution in [0, 0.1) is 26.7 Å². The van der Waals surface area contributed by atoms with Crippen LogP contribution in [0.1, 0.15) is 45.6 Å². The summed E-state index contributed by atoms with van der Waals surface area (Å²) in [5.74, 6) is 0.00821. The molecule has 210 valence electrons. The molecule has 9 nitrogen and oxygen atoms in total. The maximum atomic E-state index is 14.0. The highest BCUT2D eigenvalue weighted by atomic mass is 16.5. The fourth-order valence-electron chi connectivity index (χ4n) is 5.31. The molecule has 9 heteroatoms. The highest BCUT2D eigenvalue weighted by molar-refractivity contribution is 6.13. The number of aryl methyl sites for hydroxylation is 3. The van der Waals surface area contributed by atoms with Gasteiger partial charge in [0.2, 0.25) is 5.91 Å². The van der Waals surface area contributed by atoms with E-state index in [2.05, 4.69) is 15.7 Å². The number of aliphatic imine (C=N–C) groups is 1. The summed E-state index contributed by atoms with van der Waals surface area (Å²) in [5.41, 5.74) is 5.98. The SMILES string of the molecule is COc1cccc(C2C(C(=O)Nc3ccc(C)cc3C)C(C)=Nc3c(C(=O)Nc4cccc(C)c4)cnn32)c1OC. The van der Waals surface area contributed by atoms with Gasteiger partial charge in [-0.2, -0.15) is 5.10 Å². The summed E-state index contributed by atoms with van der Waals surface area (Å²) < 4.78 is 13.0. The molecule has 1 aromatic heterocycles. The van der Waals surface area contributed by atoms with Crippen molar-refractivity contribution >= 4 is 34.7 Å². The Labute approximate surface area is 239 Å². The number of para-hydroxylation sites is 1. The topological polar surface area (TPSA) is 107 Å². The van der Waals surface area contributed by atoms with Gasteiger partial charge in [-0.15, -0.1) is 0 Å². The molecule has 1 aliphatic rings. The number of carbonyl (C=O) groups is 2. The van der Waals surface area contributed by atoms with Crippen molar-refractivity contribution in [2.75, 3.05) is 24.9 Å². The van der Waals surface area contributed by atoms with Crippen molar-refractivity contribution in [3.8, 4) is 11.5 Å². The molecule has 41 heavy (non-hydrogen) atoms.